The molecule has 4 amide bonds. The Labute approximate surface area is 195 Å². The van der Waals surface area contributed by atoms with Crippen LogP contribution in [0.1, 0.15) is 17.5 Å². The quantitative estimate of drug-likeness (QED) is 0.517. The molecule has 0 spiro atoms. The standard InChI is InChI=1S/C26H23F2N3O3/c1-17-6-4-10-21(14-17)31-25(33)23(16-24(32)29-20-9-5-8-19(27)15-20)30(26(31)34)13-12-18-7-2-3-11-22(18)28/h2-11,14-15,23H,12-13,16H2,1H3,(H,29,32). The van der Waals surface area contributed by atoms with Gasteiger partial charge in [-0.15, -0.1) is 0 Å². The molecule has 174 valence electrons. The summed E-state index contributed by atoms with van der Waals surface area (Å²) in [5, 5.41) is 2.56. The third-order valence-electron chi connectivity index (χ3n) is 5.65. The Morgan fingerprint density at radius 2 is 1.74 bits per heavy atom. The number of aryl methyl sites for hydroxylation is 1. The van der Waals surface area contributed by atoms with Crippen molar-refractivity contribution in [1.82, 2.24) is 4.90 Å². The van der Waals surface area contributed by atoms with E-state index in [1.165, 1.54) is 29.2 Å². The fourth-order valence-corrected chi connectivity index (χ4v) is 3.99. The predicted octanol–water partition coefficient (Wildman–Crippen LogP) is 4.68. The van der Waals surface area contributed by atoms with Crippen molar-refractivity contribution in [2.24, 2.45) is 0 Å². The highest BCUT2D eigenvalue weighted by Gasteiger charge is 2.46. The minimum Gasteiger partial charge on any atom is -0.326 e. The predicted molar refractivity (Wildman–Crippen MR) is 124 cm³/mol. The molecule has 6 nitrogen and oxygen atoms in total. The van der Waals surface area contributed by atoms with Crippen LogP contribution in [0.4, 0.5) is 25.0 Å². The Kier molecular flexibility index (Phi) is 6.67. The van der Waals surface area contributed by atoms with Crippen molar-refractivity contribution in [3.05, 3.63) is 95.6 Å². The van der Waals surface area contributed by atoms with Crippen LogP contribution >= 0.6 is 0 Å². The summed E-state index contributed by atoms with van der Waals surface area (Å²) in [6, 6.07) is 16.9. The number of hydrogen-bond acceptors (Lipinski definition) is 3. The van der Waals surface area contributed by atoms with E-state index in [0.29, 0.717) is 11.3 Å². The molecule has 1 aliphatic rings. The summed E-state index contributed by atoms with van der Waals surface area (Å²) in [4.78, 5) is 41.6. The molecule has 3 aromatic rings. The third kappa shape index (κ3) is 4.96. The van der Waals surface area contributed by atoms with Crippen molar-refractivity contribution in [3.63, 3.8) is 0 Å². The first kappa shape index (κ1) is 23.1. The first-order valence-corrected chi connectivity index (χ1v) is 10.8. The summed E-state index contributed by atoms with van der Waals surface area (Å²) in [5.74, 6) is -2.00. The van der Waals surface area contributed by atoms with Crippen LogP contribution in [-0.4, -0.2) is 35.3 Å². The first-order valence-electron chi connectivity index (χ1n) is 10.8. The van der Waals surface area contributed by atoms with Gasteiger partial charge in [-0.05, 0) is 60.9 Å². The Morgan fingerprint density at radius 1 is 0.971 bits per heavy atom. The number of imide groups is 1. The highest BCUT2D eigenvalue weighted by atomic mass is 19.1. The molecule has 0 bridgehead atoms. The smallest absolute Gasteiger partial charge is 0.326 e. The molecule has 0 aromatic heterocycles. The SMILES string of the molecule is Cc1cccc(N2C(=O)C(CC(=O)Nc3cccc(F)c3)N(CCc3ccccc3F)C2=O)c1. The number of hydrogen-bond donors (Lipinski definition) is 1. The van der Waals surface area contributed by atoms with Crippen molar-refractivity contribution in [3.8, 4) is 0 Å². The van der Waals surface area contributed by atoms with E-state index in [1.54, 1.807) is 36.4 Å². The topological polar surface area (TPSA) is 69.7 Å². The van der Waals surface area contributed by atoms with Gasteiger partial charge in [0.2, 0.25) is 5.91 Å². The summed E-state index contributed by atoms with van der Waals surface area (Å²) in [6.45, 7) is 1.89. The number of nitrogens with one attached hydrogen (secondary N) is 1. The lowest BCUT2D eigenvalue weighted by molar-refractivity contribution is -0.124. The second kappa shape index (κ2) is 9.82. The second-order valence-electron chi connectivity index (χ2n) is 8.11. The van der Waals surface area contributed by atoms with E-state index >= 15 is 0 Å². The van der Waals surface area contributed by atoms with E-state index in [9.17, 15) is 23.2 Å². The molecule has 4 rings (SSSR count). The first-order chi connectivity index (χ1) is 16.3. The van der Waals surface area contributed by atoms with Gasteiger partial charge in [0, 0.05) is 12.2 Å². The normalized spacial score (nSPS) is 15.7. The number of carbonyl (C=O) groups excluding carboxylic acids is 3. The average molecular weight is 463 g/mol. The molecule has 1 heterocycles. The number of nitrogens with zero attached hydrogens (tertiary/aromatic N) is 2. The molecule has 3 aromatic carbocycles. The van der Waals surface area contributed by atoms with E-state index in [-0.39, 0.29) is 25.1 Å². The van der Waals surface area contributed by atoms with Crippen molar-refractivity contribution < 1.29 is 23.2 Å². The zero-order valence-electron chi connectivity index (χ0n) is 18.5. The van der Waals surface area contributed by atoms with Crippen LogP contribution in [-0.2, 0) is 16.0 Å². The fraction of sp³-hybridized carbons (Fsp3) is 0.192. The van der Waals surface area contributed by atoms with Crippen LogP contribution in [0, 0.1) is 18.6 Å². The number of rotatable bonds is 7. The van der Waals surface area contributed by atoms with Gasteiger partial charge in [0.15, 0.2) is 0 Å². The van der Waals surface area contributed by atoms with E-state index in [2.05, 4.69) is 5.32 Å². The van der Waals surface area contributed by atoms with Crippen molar-refractivity contribution in [2.75, 3.05) is 16.8 Å². The van der Waals surface area contributed by atoms with E-state index < -0.39 is 35.5 Å². The van der Waals surface area contributed by atoms with Crippen LogP contribution in [0.15, 0.2) is 72.8 Å². The van der Waals surface area contributed by atoms with Gasteiger partial charge in [0.25, 0.3) is 5.91 Å². The van der Waals surface area contributed by atoms with E-state index in [1.807, 2.05) is 13.0 Å². The van der Waals surface area contributed by atoms with Gasteiger partial charge in [-0.1, -0.05) is 36.4 Å². The molecule has 8 heteroatoms. The molecular weight excluding hydrogens is 440 g/mol. The minimum absolute atomic E-state index is 0.0474. The van der Waals surface area contributed by atoms with Crippen molar-refractivity contribution in [1.29, 1.82) is 0 Å². The van der Waals surface area contributed by atoms with Crippen molar-refractivity contribution >= 4 is 29.2 Å². The maximum absolute atomic E-state index is 14.1. The number of carbonyl (C=O) groups is 3. The third-order valence-corrected chi connectivity index (χ3v) is 5.65. The molecule has 1 N–H and O–H groups in total. The molecule has 0 aliphatic carbocycles. The maximum atomic E-state index is 14.1. The molecular formula is C26H23F2N3O3. The Hall–Kier alpha value is -4.07. The van der Waals surface area contributed by atoms with Gasteiger partial charge in [0.05, 0.1) is 12.1 Å². The van der Waals surface area contributed by atoms with Crippen LogP contribution < -0.4 is 10.2 Å². The maximum Gasteiger partial charge on any atom is 0.332 e. The van der Waals surface area contributed by atoms with Crippen LogP contribution in [0.2, 0.25) is 0 Å². The zero-order chi connectivity index (χ0) is 24.2. The molecule has 1 saturated heterocycles. The summed E-state index contributed by atoms with van der Waals surface area (Å²) in [5.41, 5.74) is 1.91. The molecule has 1 unspecified atom stereocenters. The summed E-state index contributed by atoms with van der Waals surface area (Å²) >= 11 is 0. The summed E-state index contributed by atoms with van der Waals surface area (Å²) < 4.78 is 27.6. The Balaban J connectivity index is 1.58. The largest absolute Gasteiger partial charge is 0.332 e. The lowest BCUT2D eigenvalue weighted by Crippen LogP contribution is -2.39. The zero-order valence-corrected chi connectivity index (χ0v) is 18.5. The number of urea groups is 1. The number of amides is 4. The Morgan fingerprint density at radius 3 is 2.47 bits per heavy atom. The minimum atomic E-state index is -1.08. The average Bonchev–Trinajstić information content (AvgIpc) is 3.02. The number of anilines is 2. The molecule has 1 fully saturated rings. The number of halogens is 2. The van der Waals surface area contributed by atoms with Crippen LogP contribution in [0.5, 0.6) is 0 Å². The van der Waals surface area contributed by atoms with E-state index in [0.717, 1.165) is 16.5 Å². The van der Waals surface area contributed by atoms with Gasteiger partial charge in [-0.2, -0.15) is 0 Å². The molecule has 0 radical (unpaired) electrons. The van der Waals surface area contributed by atoms with Crippen LogP contribution in [0.25, 0.3) is 0 Å². The van der Waals surface area contributed by atoms with Crippen molar-refractivity contribution in [2.45, 2.75) is 25.8 Å². The van der Waals surface area contributed by atoms with Gasteiger partial charge in [0.1, 0.15) is 17.7 Å². The molecule has 1 aliphatic heterocycles. The van der Waals surface area contributed by atoms with Gasteiger partial charge in [-0.25, -0.2) is 18.5 Å². The lowest BCUT2D eigenvalue weighted by atomic mass is 10.1. The summed E-state index contributed by atoms with van der Waals surface area (Å²) in [7, 11) is 0. The molecule has 1 atom stereocenters. The lowest BCUT2D eigenvalue weighted by Gasteiger charge is -2.21. The monoisotopic (exact) mass is 463 g/mol. The summed E-state index contributed by atoms with van der Waals surface area (Å²) in [6.07, 6.45) is -0.143. The Bertz CT molecular complexity index is 1250. The van der Waals surface area contributed by atoms with Gasteiger partial charge < -0.3 is 10.2 Å². The fourth-order valence-electron chi connectivity index (χ4n) is 3.99. The van der Waals surface area contributed by atoms with Gasteiger partial charge >= 0.3 is 6.03 Å². The number of benzene rings is 3. The van der Waals surface area contributed by atoms with Crippen LogP contribution in [0.3, 0.4) is 0 Å². The highest BCUT2D eigenvalue weighted by molar-refractivity contribution is 6.22. The molecule has 0 saturated carbocycles. The second-order valence-corrected chi connectivity index (χ2v) is 8.11. The van der Waals surface area contributed by atoms with Gasteiger partial charge in [-0.3, -0.25) is 9.59 Å². The molecule has 34 heavy (non-hydrogen) atoms. The van der Waals surface area contributed by atoms with E-state index in [4.69, 9.17) is 0 Å². The highest BCUT2D eigenvalue weighted by Crippen LogP contribution is 2.28.